The van der Waals surface area contributed by atoms with Crippen LogP contribution in [0, 0.1) is 70.0 Å². The Kier molecular flexibility index (Phi) is 25.3. The van der Waals surface area contributed by atoms with Crippen molar-refractivity contribution in [3.05, 3.63) is 236 Å². The molecule has 4 atom stereocenters. The van der Waals surface area contributed by atoms with E-state index in [0.29, 0.717) is 106 Å². The first-order chi connectivity index (χ1) is 54.4. The van der Waals surface area contributed by atoms with Crippen LogP contribution in [0.5, 0.6) is 29.4 Å². The Morgan fingerprint density at radius 1 is 0.330 bits per heavy atom. The van der Waals surface area contributed by atoms with E-state index in [9.17, 15) is 67.9 Å². The summed E-state index contributed by atoms with van der Waals surface area (Å²) in [7, 11) is 0. The van der Waals surface area contributed by atoms with E-state index in [1.54, 1.807) is 0 Å². The van der Waals surface area contributed by atoms with Gasteiger partial charge < -0.3 is 52.4 Å². The molecule has 0 radical (unpaired) electrons. The largest absolute Gasteiger partial charge is 0.474 e. The van der Waals surface area contributed by atoms with Crippen LogP contribution in [0.4, 0.5) is 43.9 Å². The van der Waals surface area contributed by atoms with Crippen LogP contribution in [0.15, 0.2) is 121 Å². The number of fused-ring (bicyclic) bond motifs is 5. The van der Waals surface area contributed by atoms with Crippen LogP contribution in [-0.2, 0) is 32.1 Å². The highest BCUT2D eigenvalue weighted by Crippen LogP contribution is 2.44. The van der Waals surface area contributed by atoms with Gasteiger partial charge in [-0.25, -0.2) is 68.8 Å². The maximum Gasteiger partial charge on any atom is 0.267 e. The highest BCUT2D eigenvalue weighted by atomic mass is 19.2. The maximum absolute atomic E-state index is 14.2. The van der Waals surface area contributed by atoms with Crippen LogP contribution in [0.3, 0.4) is 0 Å². The lowest BCUT2D eigenvalue weighted by Crippen LogP contribution is -2.34. The van der Waals surface area contributed by atoms with Gasteiger partial charge in [0.2, 0.25) is 29.4 Å². The third-order valence-corrected chi connectivity index (χ3v) is 19.7. The highest BCUT2D eigenvalue weighted by Gasteiger charge is 2.35. The maximum atomic E-state index is 14.2. The Morgan fingerprint density at radius 3 is 0.791 bits per heavy atom. The summed E-state index contributed by atoms with van der Waals surface area (Å²) in [5.41, 5.74) is 32.9. The number of amides is 5. The van der Waals surface area contributed by atoms with Crippen molar-refractivity contribution in [2.45, 2.75) is 150 Å². The number of carbonyl (C=O) groups excluding carboxylic acids is 5. The third-order valence-electron chi connectivity index (χ3n) is 19.7. The number of benzene rings is 5. The van der Waals surface area contributed by atoms with Crippen LogP contribution in [0.1, 0.15) is 168 Å². The zero-order valence-electron chi connectivity index (χ0n) is 63.6. The fourth-order valence-electron chi connectivity index (χ4n) is 13.6. The molecule has 10 N–H and O–H groups in total. The zero-order valence-corrected chi connectivity index (χ0v) is 63.6. The van der Waals surface area contributed by atoms with Gasteiger partial charge in [0.15, 0.2) is 0 Å². The Morgan fingerprint density at radius 2 is 0.557 bits per heavy atom. The fourth-order valence-corrected chi connectivity index (χ4v) is 13.6. The second kappa shape index (κ2) is 34.9. The average Bonchev–Trinajstić information content (AvgIpc) is 0.530. The van der Waals surface area contributed by atoms with E-state index in [0.717, 1.165) is 56.0 Å². The summed E-state index contributed by atoms with van der Waals surface area (Å²) >= 11 is 0. The second-order valence-electron chi connectivity index (χ2n) is 29.3. The summed E-state index contributed by atoms with van der Waals surface area (Å²) in [5.74, 6) is -8.47. The summed E-state index contributed by atoms with van der Waals surface area (Å²) in [5, 5.41) is 0. The van der Waals surface area contributed by atoms with Crippen LogP contribution in [0.2, 0.25) is 0 Å². The predicted octanol–water partition coefficient (Wildman–Crippen LogP) is 15.9. The molecule has 15 rings (SSSR count). The van der Waals surface area contributed by atoms with Crippen molar-refractivity contribution in [2.24, 2.45) is 40.5 Å². The number of rotatable bonds is 12. The normalized spacial score (nSPS) is 16.5. The average molecular weight is 1590 g/mol. The minimum atomic E-state index is -0.733. The first kappa shape index (κ1) is 83.4. The molecule has 5 amide bonds. The van der Waals surface area contributed by atoms with Crippen molar-refractivity contribution in [3.63, 3.8) is 0 Å². The SMILES string of the molecule is CC(C)[C@@H]1CCc2c(-c3ccc(F)cc3F)cc(C(N)=O)nc2O1.CC(C)[C@H]1CCc2c(-c3ccc(F)cc3F)cc(C(N)=O)nc2O1.CC1(C)CCc2c(-c3ccc(F)cc3F)cc(C(N)=O)nc2O1.C[C@@H]1CCc2c(-c3ccc(F)cc3F)cc(C(N)=O)nc2O1.C[C@H]1CCc2c(-c3ccc(F)cc3F)cc(C(N)=O)nc2O1. The summed E-state index contributed by atoms with van der Waals surface area (Å²) in [4.78, 5) is 78.3. The summed E-state index contributed by atoms with van der Waals surface area (Å²) in [6.07, 6.45) is 6.74. The van der Waals surface area contributed by atoms with Crippen LogP contribution >= 0.6 is 0 Å². The lowest BCUT2D eigenvalue weighted by atomic mass is 9.90. The van der Waals surface area contributed by atoms with Crippen LogP contribution in [0.25, 0.3) is 55.6 Å². The standard InChI is InChI=1S/2C18H18F2N2O2.C17H16F2N2O2.2C16H14F2N2O2/c2*1-9(2)16-6-5-12-13(11-4-3-10(19)7-14(11)20)8-15(17(21)23)22-18(12)24-16;1-17(2)6-5-11-12(10-4-3-9(18)7-13(10)19)8-14(15(20)22)21-16(11)23-17;2*1-8-2-4-11-12(10-5-3-9(17)6-13(10)18)7-14(15(19)21)20-16(11)22-8/h2*3-4,7-9,16H,5-6H2,1-2H3,(H2,21,23);3-4,7-8H,5-6H2,1-2H3,(H2,20,22);2*3,5-8H,2,4H2,1H3,(H2,19,21)/t2*16-;;2*8-/m10.10/s1. The number of carbonyl (C=O) groups is 5. The molecule has 0 spiro atoms. The van der Waals surface area contributed by atoms with E-state index in [1.165, 1.54) is 91.0 Å². The Labute approximate surface area is 654 Å². The van der Waals surface area contributed by atoms with E-state index >= 15 is 0 Å². The number of hydrogen-bond donors (Lipinski definition) is 5. The number of aromatic nitrogens is 5. The van der Waals surface area contributed by atoms with E-state index in [1.807, 2.05) is 55.4 Å². The van der Waals surface area contributed by atoms with Crippen molar-refractivity contribution in [1.29, 1.82) is 0 Å². The highest BCUT2D eigenvalue weighted by molar-refractivity contribution is 5.96. The van der Waals surface area contributed by atoms with Gasteiger partial charge in [-0.3, -0.25) is 24.0 Å². The van der Waals surface area contributed by atoms with Gasteiger partial charge in [0.05, 0.1) is 12.2 Å². The van der Waals surface area contributed by atoms with Gasteiger partial charge in [0.1, 0.15) is 104 Å². The molecule has 0 fully saturated rings. The van der Waals surface area contributed by atoms with Gasteiger partial charge in [-0.05, 0) is 223 Å². The van der Waals surface area contributed by atoms with Crippen LogP contribution in [-0.4, -0.2) is 84.5 Å². The van der Waals surface area contributed by atoms with Crippen molar-refractivity contribution in [2.75, 3.05) is 0 Å². The third kappa shape index (κ3) is 19.4. The quantitative estimate of drug-likeness (QED) is 0.0710. The lowest BCUT2D eigenvalue weighted by Gasteiger charge is -2.32. The van der Waals surface area contributed by atoms with Gasteiger partial charge in [-0.2, -0.15) is 0 Å². The molecule has 0 saturated heterocycles. The molecule has 5 aliphatic heterocycles. The Balaban J connectivity index is 0.000000142. The minimum absolute atomic E-state index is 0.00289. The van der Waals surface area contributed by atoms with Gasteiger partial charge in [-0.15, -0.1) is 0 Å². The van der Waals surface area contributed by atoms with Crippen molar-refractivity contribution in [3.8, 4) is 85.0 Å². The smallest absolute Gasteiger partial charge is 0.267 e. The molecular formula is C85H80F10N10O10. The molecular weight excluding hydrogens is 1510 g/mol. The molecule has 0 aliphatic carbocycles. The van der Waals surface area contributed by atoms with E-state index in [2.05, 4.69) is 24.9 Å². The Hall–Kier alpha value is -12.5. The van der Waals surface area contributed by atoms with Crippen LogP contribution < -0.4 is 52.4 Å². The van der Waals surface area contributed by atoms with Crippen molar-refractivity contribution >= 4 is 29.5 Å². The second-order valence-corrected chi connectivity index (χ2v) is 29.3. The lowest BCUT2D eigenvalue weighted by molar-refractivity contribution is 0.0774. The minimum Gasteiger partial charge on any atom is -0.474 e. The number of nitrogens with zero attached hydrogens (tertiary/aromatic N) is 5. The van der Waals surface area contributed by atoms with Crippen molar-refractivity contribution < 1.29 is 91.6 Å². The number of ether oxygens (including phenoxy) is 5. The number of primary amides is 5. The fraction of sp³-hybridized carbons (Fsp3) is 0.294. The molecule has 0 saturated carbocycles. The number of halogens is 10. The molecule has 5 aromatic heterocycles. The topological polar surface area (TPSA) is 326 Å². The zero-order chi connectivity index (χ0) is 83.3. The molecule has 5 aliphatic rings. The van der Waals surface area contributed by atoms with E-state index in [-0.39, 0.29) is 110 Å². The first-order valence-electron chi connectivity index (χ1n) is 36.7. The monoisotopic (exact) mass is 1590 g/mol. The van der Waals surface area contributed by atoms with Gasteiger partial charge in [-0.1, -0.05) is 27.7 Å². The molecule has 0 bridgehead atoms. The Bertz CT molecular complexity index is 5210. The number of pyridine rings is 5. The summed E-state index contributed by atoms with van der Waals surface area (Å²) in [6, 6.07) is 23.8. The molecule has 600 valence electrons. The van der Waals surface area contributed by atoms with Gasteiger partial charge >= 0.3 is 0 Å². The molecule has 30 heteroatoms. The van der Waals surface area contributed by atoms with E-state index < -0.39 is 93.3 Å². The summed E-state index contributed by atoms with van der Waals surface area (Å²) < 4.78 is 165. The van der Waals surface area contributed by atoms with Gasteiger partial charge in [0, 0.05) is 86.0 Å². The molecule has 10 aromatic rings. The summed E-state index contributed by atoms with van der Waals surface area (Å²) in [6.45, 7) is 15.7. The molecule has 0 unspecified atom stereocenters. The molecule has 115 heavy (non-hydrogen) atoms. The van der Waals surface area contributed by atoms with Gasteiger partial charge in [0.25, 0.3) is 29.5 Å². The molecule has 10 heterocycles. The molecule has 20 nitrogen and oxygen atoms in total. The molecule has 5 aromatic carbocycles. The number of hydrogen-bond acceptors (Lipinski definition) is 15. The first-order valence-corrected chi connectivity index (χ1v) is 36.7. The predicted molar refractivity (Wildman–Crippen MR) is 406 cm³/mol. The van der Waals surface area contributed by atoms with Crippen molar-refractivity contribution in [1.82, 2.24) is 24.9 Å². The number of nitrogens with two attached hydrogens (primary N) is 5. The van der Waals surface area contributed by atoms with E-state index in [4.69, 9.17) is 52.4 Å².